The lowest BCUT2D eigenvalue weighted by molar-refractivity contribution is -0.274. The van der Waals surface area contributed by atoms with E-state index in [9.17, 15) is 17.6 Å². The lowest BCUT2D eigenvalue weighted by Crippen LogP contribution is -2.17. The summed E-state index contributed by atoms with van der Waals surface area (Å²) in [5, 5.41) is 8.93. The smallest absolute Gasteiger partial charge is 0.405 e. The van der Waals surface area contributed by atoms with Crippen LogP contribution in [-0.2, 0) is 6.61 Å². The zero-order chi connectivity index (χ0) is 14.8. The van der Waals surface area contributed by atoms with Gasteiger partial charge < -0.3 is 9.84 Å². The minimum absolute atomic E-state index is 0.0551. The molecule has 0 aliphatic heterocycles. The van der Waals surface area contributed by atoms with E-state index in [1.54, 1.807) is 0 Å². The van der Waals surface area contributed by atoms with Crippen molar-refractivity contribution in [3.8, 4) is 17.0 Å². The standard InChI is InChI=1S/C13H9F4NO2/c14-9-5-6-10(18-11(9)7-19)8-3-1-2-4-12(8)20-13(15,16)17/h1-6,19H,7H2. The SMILES string of the molecule is OCc1nc(-c2ccccc2OC(F)(F)F)ccc1F. The van der Waals surface area contributed by atoms with Crippen LogP contribution in [-0.4, -0.2) is 16.5 Å². The number of benzene rings is 1. The minimum atomic E-state index is -4.84. The average Bonchev–Trinajstić information content (AvgIpc) is 2.38. The molecule has 7 heteroatoms. The van der Waals surface area contributed by atoms with E-state index in [1.165, 1.54) is 24.3 Å². The number of nitrogens with zero attached hydrogens (tertiary/aromatic N) is 1. The Bertz CT molecular complexity index is 614. The molecule has 0 unspecified atom stereocenters. The van der Waals surface area contributed by atoms with Crippen molar-refractivity contribution in [2.24, 2.45) is 0 Å². The molecule has 20 heavy (non-hydrogen) atoms. The van der Waals surface area contributed by atoms with Crippen LogP contribution in [0.15, 0.2) is 36.4 Å². The van der Waals surface area contributed by atoms with E-state index in [0.29, 0.717) is 0 Å². The van der Waals surface area contributed by atoms with Crippen LogP contribution in [0.5, 0.6) is 5.75 Å². The number of aliphatic hydroxyl groups excluding tert-OH is 1. The van der Waals surface area contributed by atoms with Crippen molar-refractivity contribution in [3.05, 3.63) is 47.9 Å². The number of rotatable bonds is 3. The number of pyridine rings is 1. The molecule has 1 N–H and O–H groups in total. The van der Waals surface area contributed by atoms with Crippen LogP contribution >= 0.6 is 0 Å². The number of ether oxygens (including phenoxy) is 1. The van der Waals surface area contributed by atoms with E-state index in [-0.39, 0.29) is 17.0 Å². The van der Waals surface area contributed by atoms with Crippen LogP contribution in [0.3, 0.4) is 0 Å². The second-order valence-electron chi connectivity index (χ2n) is 3.83. The highest BCUT2D eigenvalue weighted by atomic mass is 19.4. The highest BCUT2D eigenvalue weighted by Crippen LogP contribution is 2.32. The second kappa shape index (κ2) is 5.46. The monoisotopic (exact) mass is 287 g/mol. The van der Waals surface area contributed by atoms with Gasteiger partial charge >= 0.3 is 6.36 Å². The van der Waals surface area contributed by atoms with Crippen molar-refractivity contribution < 1.29 is 27.4 Å². The summed E-state index contributed by atoms with van der Waals surface area (Å²) in [5.74, 6) is -1.17. The van der Waals surface area contributed by atoms with E-state index < -0.39 is 24.5 Å². The summed E-state index contributed by atoms with van der Waals surface area (Å²) in [6, 6.07) is 7.61. The van der Waals surface area contributed by atoms with Crippen molar-refractivity contribution in [1.29, 1.82) is 0 Å². The molecule has 0 aliphatic rings. The van der Waals surface area contributed by atoms with Crippen LogP contribution in [0.25, 0.3) is 11.3 Å². The van der Waals surface area contributed by atoms with E-state index in [4.69, 9.17) is 5.11 Å². The molecule has 106 valence electrons. The van der Waals surface area contributed by atoms with Crippen molar-refractivity contribution in [1.82, 2.24) is 4.98 Å². The van der Waals surface area contributed by atoms with E-state index >= 15 is 0 Å². The lowest BCUT2D eigenvalue weighted by Gasteiger charge is -2.13. The molecule has 0 atom stereocenters. The van der Waals surface area contributed by atoms with Gasteiger partial charge in [-0.1, -0.05) is 12.1 Å². The molecule has 0 saturated heterocycles. The largest absolute Gasteiger partial charge is 0.573 e. The Hall–Kier alpha value is -2.15. The maximum atomic E-state index is 13.2. The van der Waals surface area contributed by atoms with E-state index in [2.05, 4.69) is 9.72 Å². The quantitative estimate of drug-likeness (QED) is 0.881. The second-order valence-corrected chi connectivity index (χ2v) is 3.83. The minimum Gasteiger partial charge on any atom is -0.405 e. The van der Waals surface area contributed by atoms with Gasteiger partial charge in [0.1, 0.15) is 17.3 Å². The summed E-state index contributed by atoms with van der Waals surface area (Å²) < 4.78 is 54.0. The molecule has 2 rings (SSSR count). The fourth-order valence-corrected chi connectivity index (χ4v) is 1.64. The predicted octanol–water partition coefficient (Wildman–Crippen LogP) is 3.28. The molecule has 0 aliphatic carbocycles. The number of hydrogen-bond acceptors (Lipinski definition) is 3. The molecule has 3 nitrogen and oxygen atoms in total. The Kier molecular flexibility index (Phi) is 3.89. The van der Waals surface area contributed by atoms with Crippen molar-refractivity contribution >= 4 is 0 Å². The number of halogens is 4. The molecular formula is C13H9F4NO2. The van der Waals surface area contributed by atoms with Crippen molar-refractivity contribution in [2.45, 2.75) is 13.0 Å². The first-order valence-corrected chi connectivity index (χ1v) is 5.52. The van der Waals surface area contributed by atoms with Gasteiger partial charge in [0.05, 0.1) is 12.3 Å². The molecule has 0 spiro atoms. The molecule has 0 bridgehead atoms. The van der Waals surface area contributed by atoms with Gasteiger partial charge in [0.2, 0.25) is 0 Å². The molecule has 1 heterocycles. The van der Waals surface area contributed by atoms with Crippen LogP contribution in [0, 0.1) is 5.82 Å². The Balaban J connectivity index is 2.47. The first-order valence-electron chi connectivity index (χ1n) is 5.52. The van der Waals surface area contributed by atoms with Crippen LogP contribution in [0.2, 0.25) is 0 Å². The summed E-state index contributed by atoms with van der Waals surface area (Å²) >= 11 is 0. The first-order chi connectivity index (χ1) is 9.40. The number of hydrogen-bond donors (Lipinski definition) is 1. The summed E-state index contributed by atoms with van der Waals surface area (Å²) in [6.07, 6.45) is -4.84. The van der Waals surface area contributed by atoms with Crippen molar-refractivity contribution in [2.75, 3.05) is 0 Å². The van der Waals surface area contributed by atoms with Gasteiger partial charge in [-0.3, -0.25) is 0 Å². The maximum Gasteiger partial charge on any atom is 0.573 e. The van der Waals surface area contributed by atoms with Gasteiger partial charge in [0, 0.05) is 5.56 Å². The van der Waals surface area contributed by atoms with Gasteiger partial charge in [0.15, 0.2) is 0 Å². The molecular weight excluding hydrogens is 278 g/mol. The van der Waals surface area contributed by atoms with Gasteiger partial charge in [-0.05, 0) is 24.3 Å². The zero-order valence-corrected chi connectivity index (χ0v) is 9.99. The first kappa shape index (κ1) is 14.3. The third kappa shape index (κ3) is 3.24. The summed E-state index contributed by atoms with van der Waals surface area (Å²) in [5.41, 5.74) is -0.112. The topological polar surface area (TPSA) is 42.4 Å². The number of aromatic nitrogens is 1. The summed E-state index contributed by atoms with van der Waals surface area (Å²) in [4.78, 5) is 3.78. The third-order valence-electron chi connectivity index (χ3n) is 2.46. The Morgan fingerprint density at radius 3 is 2.45 bits per heavy atom. The predicted molar refractivity (Wildman–Crippen MR) is 62.2 cm³/mol. The normalized spacial score (nSPS) is 11.4. The Morgan fingerprint density at radius 2 is 1.80 bits per heavy atom. The molecule has 0 radical (unpaired) electrons. The average molecular weight is 287 g/mol. The Labute approximate surface area is 111 Å². The van der Waals surface area contributed by atoms with Gasteiger partial charge in [0.25, 0.3) is 0 Å². The number of aliphatic hydroxyl groups is 1. The summed E-state index contributed by atoms with van der Waals surface area (Å²) in [7, 11) is 0. The van der Waals surface area contributed by atoms with Gasteiger partial charge in [-0.15, -0.1) is 13.2 Å². The van der Waals surface area contributed by atoms with Crippen molar-refractivity contribution in [3.63, 3.8) is 0 Å². The van der Waals surface area contributed by atoms with Crippen LogP contribution < -0.4 is 4.74 Å². The molecule has 1 aromatic heterocycles. The van der Waals surface area contributed by atoms with Crippen LogP contribution in [0.4, 0.5) is 17.6 Å². The molecule has 2 aromatic rings. The molecule has 0 saturated carbocycles. The fraction of sp³-hybridized carbons (Fsp3) is 0.154. The molecule has 0 fully saturated rings. The zero-order valence-electron chi connectivity index (χ0n) is 9.99. The number of alkyl halides is 3. The molecule has 0 amide bonds. The number of para-hydroxylation sites is 1. The summed E-state index contributed by atoms with van der Waals surface area (Å²) in [6.45, 7) is -0.651. The lowest BCUT2D eigenvalue weighted by atomic mass is 10.1. The third-order valence-corrected chi connectivity index (χ3v) is 2.46. The Morgan fingerprint density at radius 1 is 1.10 bits per heavy atom. The van der Waals surface area contributed by atoms with E-state index in [1.807, 2.05) is 0 Å². The van der Waals surface area contributed by atoms with E-state index in [0.717, 1.165) is 12.1 Å². The highest BCUT2D eigenvalue weighted by molar-refractivity contribution is 5.67. The highest BCUT2D eigenvalue weighted by Gasteiger charge is 2.32. The maximum absolute atomic E-state index is 13.2. The van der Waals surface area contributed by atoms with Gasteiger partial charge in [-0.2, -0.15) is 0 Å². The molecule has 1 aromatic carbocycles. The fourth-order valence-electron chi connectivity index (χ4n) is 1.64. The van der Waals surface area contributed by atoms with Gasteiger partial charge in [-0.25, -0.2) is 9.37 Å². The van der Waals surface area contributed by atoms with Crippen LogP contribution in [0.1, 0.15) is 5.69 Å².